The highest BCUT2D eigenvalue weighted by atomic mass is 35.5. The number of anilines is 1. The van der Waals surface area contributed by atoms with Crippen LogP contribution in [0.1, 0.15) is 45.2 Å². The molecule has 2 bridgehead atoms. The lowest BCUT2D eigenvalue weighted by Crippen LogP contribution is -2.48. The first-order valence-electron chi connectivity index (χ1n) is 10.9. The minimum atomic E-state index is -0.855. The number of fused-ring (bicyclic) bond motifs is 3. The van der Waals surface area contributed by atoms with Gasteiger partial charge in [-0.2, -0.15) is 0 Å². The lowest BCUT2D eigenvalue weighted by Gasteiger charge is -2.32. The van der Waals surface area contributed by atoms with E-state index in [4.69, 9.17) is 21.1 Å². The number of rotatable bonds is 5. The molecule has 2 saturated heterocycles. The predicted molar refractivity (Wildman–Crippen MR) is 119 cm³/mol. The normalized spacial score (nSPS) is 25.7. The molecule has 0 unspecified atom stereocenters. The molecule has 4 heterocycles. The molecular weight excluding hydrogens is 453 g/mol. The molecular formula is C22H25ClFN5O4. The molecule has 176 valence electrons. The second kappa shape index (κ2) is 8.44. The number of aliphatic hydroxyl groups is 2. The van der Waals surface area contributed by atoms with E-state index < -0.39 is 24.1 Å². The first-order chi connectivity index (χ1) is 15.7. The van der Waals surface area contributed by atoms with E-state index in [-0.39, 0.29) is 34.9 Å². The lowest BCUT2D eigenvalue weighted by molar-refractivity contribution is -0.123. The zero-order chi connectivity index (χ0) is 23.4. The highest BCUT2D eigenvalue weighted by Gasteiger charge is 2.43. The standard InChI is InChI=1S/C22H25ClFN5O4/c1-9(2)29-15-5-11(4-13(24)19(15)27-21(29)10(3)30)18-12(23)7-25-22(28-18)26-14-6-17-32-8-16(33-17)20(14)31/h4-5,7,9-10,14,16-17,20,30-31H,6,8H2,1-3H3,(H,25,26,28)/t10-,14+,16-,17-,20-/m0/s1. The van der Waals surface area contributed by atoms with Gasteiger partial charge in [0.05, 0.1) is 35.1 Å². The largest absolute Gasteiger partial charge is 0.388 e. The molecule has 0 spiro atoms. The van der Waals surface area contributed by atoms with Crippen LogP contribution in [-0.2, 0) is 9.47 Å². The van der Waals surface area contributed by atoms with Crippen LogP contribution < -0.4 is 5.32 Å². The summed E-state index contributed by atoms with van der Waals surface area (Å²) in [6.07, 6.45) is -0.533. The zero-order valence-electron chi connectivity index (χ0n) is 18.4. The molecule has 1 aromatic carbocycles. The summed E-state index contributed by atoms with van der Waals surface area (Å²) in [5.74, 6) is 0.0985. The van der Waals surface area contributed by atoms with E-state index in [2.05, 4.69) is 20.3 Å². The Balaban J connectivity index is 1.54. The number of halogens is 2. The van der Waals surface area contributed by atoms with Gasteiger partial charge in [-0.3, -0.25) is 0 Å². The SMILES string of the molecule is CC(C)n1c([C@H](C)O)nc2c(F)cc(-c3nc(N[C@@H]4C[C@H]5OC[C@H](O5)[C@H]4O)ncc3Cl)cc21. The molecule has 0 saturated carbocycles. The van der Waals surface area contributed by atoms with E-state index in [1.807, 2.05) is 13.8 Å². The summed E-state index contributed by atoms with van der Waals surface area (Å²) in [6.45, 7) is 5.81. The zero-order valence-corrected chi connectivity index (χ0v) is 19.1. The van der Waals surface area contributed by atoms with Crippen molar-refractivity contribution in [2.24, 2.45) is 0 Å². The number of aliphatic hydroxyl groups excluding tert-OH is 2. The molecule has 2 aromatic heterocycles. The summed E-state index contributed by atoms with van der Waals surface area (Å²) >= 11 is 6.39. The number of hydrogen-bond donors (Lipinski definition) is 3. The van der Waals surface area contributed by atoms with E-state index in [1.54, 1.807) is 17.6 Å². The van der Waals surface area contributed by atoms with Gasteiger partial charge >= 0.3 is 0 Å². The van der Waals surface area contributed by atoms with Gasteiger partial charge in [0.1, 0.15) is 29.7 Å². The van der Waals surface area contributed by atoms with E-state index in [9.17, 15) is 10.2 Å². The maximum absolute atomic E-state index is 15.1. The van der Waals surface area contributed by atoms with Gasteiger partial charge in [0, 0.05) is 18.0 Å². The third-order valence-electron chi connectivity index (χ3n) is 6.01. The Kier molecular flexibility index (Phi) is 5.74. The Labute approximate surface area is 194 Å². The van der Waals surface area contributed by atoms with Crippen molar-refractivity contribution >= 4 is 28.6 Å². The van der Waals surface area contributed by atoms with Crippen molar-refractivity contribution in [1.82, 2.24) is 19.5 Å². The maximum atomic E-state index is 15.1. The van der Waals surface area contributed by atoms with Crippen LogP contribution in [0.5, 0.6) is 0 Å². The van der Waals surface area contributed by atoms with Crippen LogP contribution in [0.4, 0.5) is 10.3 Å². The summed E-state index contributed by atoms with van der Waals surface area (Å²) in [4.78, 5) is 13.1. The van der Waals surface area contributed by atoms with Gasteiger partial charge in [-0.1, -0.05) is 11.6 Å². The summed E-state index contributed by atoms with van der Waals surface area (Å²) in [5, 5.41) is 24.0. The molecule has 3 N–H and O–H groups in total. The maximum Gasteiger partial charge on any atom is 0.223 e. The number of benzene rings is 1. The van der Waals surface area contributed by atoms with Crippen LogP contribution in [-0.4, -0.2) is 60.9 Å². The first kappa shape index (κ1) is 22.4. The molecule has 33 heavy (non-hydrogen) atoms. The summed E-state index contributed by atoms with van der Waals surface area (Å²) in [7, 11) is 0. The Bertz CT molecular complexity index is 1200. The number of ether oxygens (including phenoxy) is 2. The van der Waals surface area contributed by atoms with Gasteiger partial charge in [-0.05, 0) is 32.9 Å². The summed E-state index contributed by atoms with van der Waals surface area (Å²) < 4.78 is 27.9. The van der Waals surface area contributed by atoms with Crippen molar-refractivity contribution < 1.29 is 24.1 Å². The number of nitrogens with one attached hydrogen (secondary N) is 1. The minimum Gasteiger partial charge on any atom is -0.388 e. The van der Waals surface area contributed by atoms with Gasteiger partial charge in [0.2, 0.25) is 5.95 Å². The van der Waals surface area contributed by atoms with Gasteiger partial charge in [0.25, 0.3) is 0 Å². The fraction of sp³-hybridized carbons (Fsp3) is 0.500. The van der Waals surface area contributed by atoms with Crippen LogP contribution in [0, 0.1) is 5.82 Å². The molecule has 0 radical (unpaired) electrons. The molecule has 5 atom stereocenters. The van der Waals surface area contributed by atoms with Gasteiger partial charge in [0.15, 0.2) is 12.1 Å². The topological polar surface area (TPSA) is 115 Å². The Hall–Kier alpha value is -2.37. The van der Waals surface area contributed by atoms with Crippen molar-refractivity contribution in [1.29, 1.82) is 0 Å². The molecule has 2 aliphatic heterocycles. The highest BCUT2D eigenvalue weighted by Crippen LogP contribution is 2.34. The Morgan fingerprint density at radius 3 is 2.79 bits per heavy atom. The molecule has 0 amide bonds. The third kappa shape index (κ3) is 3.95. The Morgan fingerprint density at radius 2 is 2.06 bits per heavy atom. The van der Waals surface area contributed by atoms with Crippen molar-refractivity contribution in [3.63, 3.8) is 0 Å². The van der Waals surface area contributed by atoms with E-state index in [0.717, 1.165) is 0 Å². The smallest absolute Gasteiger partial charge is 0.223 e. The van der Waals surface area contributed by atoms with E-state index in [1.165, 1.54) is 12.3 Å². The number of nitrogens with zero attached hydrogens (tertiary/aromatic N) is 4. The number of aromatic nitrogens is 4. The second-order valence-electron chi connectivity index (χ2n) is 8.74. The third-order valence-corrected chi connectivity index (χ3v) is 6.29. The van der Waals surface area contributed by atoms with Gasteiger partial charge in [-0.25, -0.2) is 19.3 Å². The molecule has 9 nitrogen and oxygen atoms in total. The predicted octanol–water partition coefficient (Wildman–Crippen LogP) is 3.21. The van der Waals surface area contributed by atoms with Crippen LogP contribution in [0.3, 0.4) is 0 Å². The van der Waals surface area contributed by atoms with Crippen molar-refractivity contribution in [3.05, 3.63) is 35.0 Å². The van der Waals surface area contributed by atoms with Crippen molar-refractivity contribution in [2.45, 2.75) is 63.9 Å². The molecule has 5 rings (SSSR count). The molecule has 3 aromatic rings. The number of imidazole rings is 1. The van der Waals surface area contributed by atoms with Crippen LogP contribution in [0.25, 0.3) is 22.3 Å². The summed E-state index contributed by atoms with van der Waals surface area (Å²) in [5.41, 5.74) is 1.50. The molecule has 2 aliphatic rings. The van der Waals surface area contributed by atoms with Crippen LogP contribution >= 0.6 is 11.6 Å². The van der Waals surface area contributed by atoms with Gasteiger partial charge in [-0.15, -0.1) is 0 Å². The quantitative estimate of drug-likeness (QED) is 0.513. The summed E-state index contributed by atoms with van der Waals surface area (Å²) in [6, 6.07) is 2.66. The van der Waals surface area contributed by atoms with E-state index in [0.29, 0.717) is 35.6 Å². The van der Waals surface area contributed by atoms with Crippen LogP contribution in [0.2, 0.25) is 5.02 Å². The Morgan fingerprint density at radius 1 is 1.27 bits per heavy atom. The van der Waals surface area contributed by atoms with Gasteiger partial charge < -0.3 is 29.6 Å². The van der Waals surface area contributed by atoms with Crippen LogP contribution in [0.15, 0.2) is 18.3 Å². The minimum absolute atomic E-state index is 0.0556. The van der Waals surface area contributed by atoms with Crippen molar-refractivity contribution in [2.75, 3.05) is 11.9 Å². The second-order valence-corrected chi connectivity index (χ2v) is 9.15. The fourth-order valence-corrected chi connectivity index (χ4v) is 4.68. The number of hydrogen-bond acceptors (Lipinski definition) is 8. The monoisotopic (exact) mass is 477 g/mol. The average molecular weight is 478 g/mol. The fourth-order valence-electron chi connectivity index (χ4n) is 4.48. The average Bonchev–Trinajstić information content (AvgIpc) is 3.35. The van der Waals surface area contributed by atoms with Crippen molar-refractivity contribution in [3.8, 4) is 11.3 Å². The molecule has 2 fully saturated rings. The van der Waals surface area contributed by atoms with E-state index >= 15 is 4.39 Å². The molecule has 11 heteroatoms. The molecule has 0 aliphatic carbocycles. The highest BCUT2D eigenvalue weighted by molar-refractivity contribution is 6.33. The first-order valence-corrected chi connectivity index (χ1v) is 11.2. The lowest BCUT2D eigenvalue weighted by atomic mass is 10.0.